The van der Waals surface area contributed by atoms with Crippen LogP contribution in [0.2, 0.25) is 0 Å². The Hall–Kier alpha value is -3.40. The Morgan fingerprint density at radius 3 is 2.46 bits per heavy atom. The lowest BCUT2D eigenvalue weighted by molar-refractivity contribution is 0.0951. The van der Waals surface area contributed by atoms with Gasteiger partial charge in [-0.3, -0.25) is 9.48 Å². The first-order valence-corrected chi connectivity index (χ1v) is 9.45. The van der Waals surface area contributed by atoms with E-state index < -0.39 is 0 Å². The monoisotopic (exact) mass is 369 g/mol. The number of rotatable bonds is 5. The molecule has 0 spiro atoms. The molecule has 0 aliphatic rings. The highest BCUT2D eigenvalue weighted by Gasteiger charge is 2.08. The van der Waals surface area contributed by atoms with Crippen LogP contribution in [-0.2, 0) is 13.1 Å². The zero-order valence-corrected chi connectivity index (χ0v) is 16.1. The van der Waals surface area contributed by atoms with Crippen LogP contribution in [0, 0.1) is 13.8 Å². The van der Waals surface area contributed by atoms with Crippen molar-refractivity contribution in [1.29, 1.82) is 0 Å². The summed E-state index contributed by atoms with van der Waals surface area (Å²) in [5.74, 6) is -0.0643. The molecule has 1 heterocycles. The van der Waals surface area contributed by atoms with Gasteiger partial charge in [-0.05, 0) is 53.9 Å². The maximum atomic E-state index is 12.6. The van der Waals surface area contributed by atoms with Crippen molar-refractivity contribution >= 4 is 16.7 Å². The largest absolute Gasteiger partial charge is 0.348 e. The molecule has 4 aromatic rings. The van der Waals surface area contributed by atoms with Crippen LogP contribution >= 0.6 is 0 Å². The highest BCUT2D eigenvalue weighted by atomic mass is 16.1. The lowest BCUT2D eigenvalue weighted by atomic mass is 10.0. The summed E-state index contributed by atoms with van der Waals surface area (Å²) in [6.45, 7) is 5.26. The van der Waals surface area contributed by atoms with Gasteiger partial charge in [-0.1, -0.05) is 54.6 Å². The van der Waals surface area contributed by atoms with Crippen molar-refractivity contribution in [2.24, 2.45) is 0 Å². The normalized spacial score (nSPS) is 10.9. The number of hydrogen-bond donors (Lipinski definition) is 1. The zero-order valence-electron chi connectivity index (χ0n) is 16.1. The molecule has 1 amide bonds. The van der Waals surface area contributed by atoms with Crippen LogP contribution in [0.25, 0.3) is 10.8 Å². The third-order valence-electron chi connectivity index (χ3n) is 4.97. The Kier molecular flexibility index (Phi) is 4.94. The Balaban J connectivity index is 1.43. The number of carbonyl (C=O) groups excluding carboxylic acids is 1. The summed E-state index contributed by atoms with van der Waals surface area (Å²) in [6, 6.07) is 24.2. The van der Waals surface area contributed by atoms with Crippen molar-refractivity contribution in [2.45, 2.75) is 26.9 Å². The smallest absolute Gasteiger partial charge is 0.251 e. The van der Waals surface area contributed by atoms with Gasteiger partial charge in [0, 0.05) is 17.8 Å². The number of aryl methyl sites for hydroxylation is 2. The number of nitrogens with zero attached hydrogens (tertiary/aromatic N) is 2. The first-order chi connectivity index (χ1) is 13.6. The molecule has 0 saturated carbocycles. The van der Waals surface area contributed by atoms with Crippen LogP contribution in [0.5, 0.6) is 0 Å². The third-order valence-corrected chi connectivity index (χ3v) is 4.97. The fourth-order valence-corrected chi connectivity index (χ4v) is 3.49. The lowest BCUT2D eigenvalue weighted by Gasteiger charge is -2.09. The highest BCUT2D eigenvalue weighted by Crippen LogP contribution is 2.18. The molecule has 0 saturated heterocycles. The maximum absolute atomic E-state index is 12.6. The van der Waals surface area contributed by atoms with Crippen molar-refractivity contribution < 1.29 is 4.79 Å². The summed E-state index contributed by atoms with van der Waals surface area (Å²) in [6.07, 6.45) is 0. The molecule has 1 N–H and O–H groups in total. The lowest BCUT2D eigenvalue weighted by Crippen LogP contribution is -2.22. The second-order valence-corrected chi connectivity index (χ2v) is 7.10. The van der Waals surface area contributed by atoms with E-state index in [-0.39, 0.29) is 5.91 Å². The first kappa shape index (κ1) is 18.0. The molecule has 0 aliphatic heterocycles. The fourth-order valence-electron chi connectivity index (χ4n) is 3.49. The molecule has 0 fully saturated rings. The summed E-state index contributed by atoms with van der Waals surface area (Å²) in [5, 5.41) is 9.88. The molecule has 0 unspecified atom stereocenters. The van der Waals surface area contributed by atoms with Crippen molar-refractivity contribution in [1.82, 2.24) is 15.1 Å². The molecule has 0 bridgehead atoms. The predicted molar refractivity (Wildman–Crippen MR) is 112 cm³/mol. The molecule has 28 heavy (non-hydrogen) atoms. The standard InChI is InChI=1S/C24H23N3O/c1-17-14-18(2)27(26-17)16-19-10-12-21(13-11-19)24(28)25-15-22-8-5-7-20-6-3-4-9-23(20)22/h3-14H,15-16H2,1-2H3,(H,25,28). The Morgan fingerprint density at radius 1 is 0.964 bits per heavy atom. The number of carbonyl (C=O) groups is 1. The highest BCUT2D eigenvalue weighted by molar-refractivity contribution is 5.94. The van der Waals surface area contributed by atoms with E-state index in [2.05, 4.69) is 47.7 Å². The van der Waals surface area contributed by atoms with Gasteiger partial charge in [0.1, 0.15) is 0 Å². The SMILES string of the molecule is Cc1cc(C)n(Cc2ccc(C(=O)NCc3cccc4ccccc34)cc2)n1. The van der Waals surface area contributed by atoms with Crippen LogP contribution in [0.1, 0.15) is 32.9 Å². The van der Waals surface area contributed by atoms with Crippen molar-refractivity contribution in [3.63, 3.8) is 0 Å². The summed E-state index contributed by atoms with van der Waals surface area (Å²) in [7, 11) is 0. The minimum Gasteiger partial charge on any atom is -0.348 e. The van der Waals surface area contributed by atoms with Crippen molar-refractivity contribution in [3.05, 3.63) is 101 Å². The number of aromatic nitrogens is 2. The third kappa shape index (κ3) is 3.81. The number of nitrogens with one attached hydrogen (secondary N) is 1. The second-order valence-electron chi connectivity index (χ2n) is 7.10. The van der Waals surface area contributed by atoms with Crippen molar-refractivity contribution in [3.8, 4) is 0 Å². The average molecular weight is 369 g/mol. The summed E-state index contributed by atoms with van der Waals surface area (Å²) >= 11 is 0. The quantitative estimate of drug-likeness (QED) is 0.557. The Labute approximate surface area is 164 Å². The fraction of sp³-hybridized carbons (Fsp3) is 0.167. The van der Waals surface area contributed by atoms with Gasteiger partial charge in [-0.15, -0.1) is 0 Å². The van der Waals surface area contributed by atoms with Gasteiger partial charge in [0.15, 0.2) is 0 Å². The minimum absolute atomic E-state index is 0.0643. The van der Waals surface area contributed by atoms with Crippen LogP contribution in [0.15, 0.2) is 72.8 Å². The minimum atomic E-state index is -0.0643. The topological polar surface area (TPSA) is 46.9 Å². The molecular weight excluding hydrogens is 346 g/mol. The van der Waals surface area contributed by atoms with E-state index in [1.54, 1.807) is 0 Å². The van der Waals surface area contributed by atoms with Gasteiger partial charge in [-0.25, -0.2) is 0 Å². The van der Waals surface area contributed by atoms with E-state index >= 15 is 0 Å². The number of fused-ring (bicyclic) bond motifs is 1. The van der Waals surface area contributed by atoms with E-state index in [9.17, 15) is 4.79 Å². The first-order valence-electron chi connectivity index (χ1n) is 9.45. The van der Waals surface area contributed by atoms with Gasteiger partial charge < -0.3 is 5.32 Å². The van der Waals surface area contributed by atoms with Gasteiger partial charge in [0.2, 0.25) is 0 Å². The molecular formula is C24H23N3O. The van der Waals surface area contributed by atoms with E-state index in [1.807, 2.05) is 54.1 Å². The molecule has 4 nitrogen and oxygen atoms in total. The van der Waals surface area contributed by atoms with Crippen LogP contribution < -0.4 is 5.32 Å². The van der Waals surface area contributed by atoms with Gasteiger partial charge in [0.25, 0.3) is 5.91 Å². The Morgan fingerprint density at radius 2 is 1.71 bits per heavy atom. The average Bonchev–Trinajstić information content (AvgIpc) is 3.03. The predicted octanol–water partition coefficient (Wildman–Crippen LogP) is 4.63. The van der Waals surface area contributed by atoms with Crippen molar-refractivity contribution in [2.75, 3.05) is 0 Å². The van der Waals surface area contributed by atoms with Crippen LogP contribution in [0.4, 0.5) is 0 Å². The van der Waals surface area contributed by atoms with Gasteiger partial charge >= 0.3 is 0 Å². The molecule has 4 rings (SSSR count). The summed E-state index contributed by atoms with van der Waals surface area (Å²) in [5.41, 5.74) is 5.05. The molecule has 3 aromatic carbocycles. The maximum Gasteiger partial charge on any atom is 0.251 e. The summed E-state index contributed by atoms with van der Waals surface area (Å²) in [4.78, 5) is 12.6. The van der Waals surface area contributed by atoms with E-state index in [0.717, 1.165) is 22.5 Å². The van der Waals surface area contributed by atoms with E-state index in [1.165, 1.54) is 10.8 Å². The molecule has 0 aliphatic carbocycles. The number of hydrogen-bond acceptors (Lipinski definition) is 2. The number of amides is 1. The number of benzene rings is 3. The van der Waals surface area contributed by atoms with Crippen LogP contribution in [0.3, 0.4) is 0 Å². The van der Waals surface area contributed by atoms with Gasteiger partial charge in [0.05, 0.1) is 12.2 Å². The Bertz CT molecular complexity index is 1120. The van der Waals surface area contributed by atoms with Crippen LogP contribution in [-0.4, -0.2) is 15.7 Å². The van der Waals surface area contributed by atoms with E-state index in [4.69, 9.17) is 0 Å². The van der Waals surface area contributed by atoms with Gasteiger partial charge in [-0.2, -0.15) is 5.10 Å². The molecule has 0 atom stereocenters. The summed E-state index contributed by atoms with van der Waals surface area (Å²) < 4.78 is 1.98. The molecule has 4 heteroatoms. The molecule has 0 radical (unpaired) electrons. The van der Waals surface area contributed by atoms with E-state index in [0.29, 0.717) is 18.7 Å². The zero-order chi connectivity index (χ0) is 19.5. The molecule has 1 aromatic heterocycles. The second kappa shape index (κ2) is 7.69. The molecule has 140 valence electrons.